The number of anilines is 1. The third-order valence-corrected chi connectivity index (χ3v) is 4.55. The lowest BCUT2D eigenvalue weighted by atomic mass is 10.0. The van der Waals surface area contributed by atoms with E-state index < -0.39 is 0 Å². The molecule has 0 saturated heterocycles. The van der Waals surface area contributed by atoms with Gasteiger partial charge in [0.15, 0.2) is 0 Å². The van der Waals surface area contributed by atoms with Crippen LogP contribution in [0.5, 0.6) is 0 Å². The second kappa shape index (κ2) is 8.87. The minimum atomic E-state index is -0.336. The summed E-state index contributed by atoms with van der Waals surface area (Å²) in [5, 5.41) is 9.35. The van der Waals surface area contributed by atoms with Gasteiger partial charge in [0.05, 0.1) is 17.1 Å². The van der Waals surface area contributed by atoms with Crippen molar-refractivity contribution >= 4 is 57.2 Å². The average Bonchev–Trinajstić information content (AvgIpc) is 2.68. The average molecular weight is 414 g/mol. The lowest BCUT2D eigenvalue weighted by molar-refractivity contribution is -0.115. The van der Waals surface area contributed by atoms with Gasteiger partial charge in [0.1, 0.15) is 0 Å². The molecule has 0 heterocycles. The zero-order chi connectivity index (χ0) is 20.1. The van der Waals surface area contributed by atoms with Crippen molar-refractivity contribution in [1.82, 2.24) is 5.43 Å². The SMILES string of the molecule is CC(CC(=O)Nc1ccc(Cl)cc1Cl)=NNC(=O)c1cccc2ccccc12. The smallest absolute Gasteiger partial charge is 0.271 e. The van der Waals surface area contributed by atoms with Crippen LogP contribution in [0.1, 0.15) is 23.7 Å². The molecule has 0 aliphatic rings. The Morgan fingerprint density at radius 3 is 2.54 bits per heavy atom. The first-order chi connectivity index (χ1) is 13.4. The van der Waals surface area contributed by atoms with Crippen molar-refractivity contribution in [2.75, 3.05) is 5.32 Å². The van der Waals surface area contributed by atoms with Crippen LogP contribution in [0.15, 0.2) is 65.8 Å². The molecule has 5 nitrogen and oxygen atoms in total. The summed E-state index contributed by atoms with van der Waals surface area (Å²) in [4.78, 5) is 24.6. The van der Waals surface area contributed by atoms with Crippen LogP contribution >= 0.6 is 23.2 Å². The van der Waals surface area contributed by atoms with Gasteiger partial charge >= 0.3 is 0 Å². The number of hydrogen-bond acceptors (Lipinski definition) is 3. The molecule has 0 radical (unpaired) electrons. The zero-order valence-corrected chi connectivity index (χ0v) is 16.5. The van der Waals surface area contributed by atoms with Crippen LogP contribution in [0.4, 0.5) is 5.69 Å². The normalized spacial score (nSPS) is 11.3. The molecule has 0 aromatic heterocycles. The minimum Gasteiger partial charge on any atom is -0.324 e. The number of amides is 2. The van der Waals surface area contributed by atoms with Gasteiger partial charge in [-0.05, 0) is 42.0 Å². The number of carbonyl (C=O) groups is 2. The highest BCUT2D eigenvalue weighted by Gasteiger charge is 2.11. The molecule has 3 aromatic carbocycles. The molecule has 0 spiro atoms. The Hall–Kier alpha value is -2.89. The van der Waals surface area contributed by atoms with Gasteiger partial charge in [-0.3, -0.25) is 9.59 Å². The summed E-state index contributed by atoms with van der Waals surface area (Å²) in [5.41, 5.74) is 3.94. The number of hydrazone groups is 1. The van der Waals surface area contributed by atoms with E-state index in [9.17, 15) is 9.59 Å². The topological polar surface area (TPSA) is 70.6 Å². The number of halogens is 2. The van der Waals surface area contributed by atoms with Gasteiger partial charge in [-0.2, -0.15) is 5.10 Å². The quantitative estimate of drug-likeness (QED) is 0.441. The molecule has 0 bridgehead atoms. The monoisotopic (exact) mass is 413 g/mol. The highest BCUT2D eigenvalue weighted by atomic mass is 35.5. The van der Waals surface area contributed by atoms with E-state index in [0.717, 1.165) is 10.8 Å². The molecule has 28 heavy (non-hydrogen) atoms. The Morgan fingerprint density at radius 1 is 1.00 bits per heavy atom. The first kappa shape index (κ1) is 19.9. The van der Waals surface area contributed by atoms with Crippen molar-refractivity contribution in [3.63, 3.8) is 0 Å². The summed E-state index contributed by atoms with van der Waals surface area (Å²) in [7, 11) is 0. The van der Waals surface area contributed by atoms with Gasteiger partial charge in [0, 0.05) is 16.3 Å². The van der Waals surface area contributed by atoms with Crippen molar-refractivity contribution in [2.45, 2.75) is 13.3 Å². The second-order valence-electron chi connectivity index (χ2n) is 6.16. The molecule has 2 amide bonds. The van der Waals surface area contributed by atoms with E-state index in [1.807, 2.05) is 36.4 Å². The van der Waals surface area contributed by atoms with Crippen molar-refractivity contribution in [1.29, 1.82) is 0 Å². The fourth-order valence-corrected chi connectivity index (χ4v) is 3.14. The Morgan fingerprint density at radius 2 is 1.75 bits per heavy atom. The molecule has 3 rings (SSSR count). The van der Waals surface area contributed by atoms with E-state index in [-0.39, 0.29) is 18.2 Å². The number of benzene rings is 3. The lowest BCUT2D eigenvalue weighted by Crippen LogP contribution is -2.21. The minimum absolute atomic E-state index is 0.00870. The summed E-state index contributed by atoms with van der Waals surface area (Å²) in [6.45, 7) is 1.66. The van der Waals surface area contributed by atoms with Gasteiger partial charge in [-0.15, -0.1) is 0 Å². The van der Waals surface area contributed by atoms with E-state index >= 15 is 0 Å². The fraction of sp³-hybridized carbons (Fsp3) is 0.0952. The predicted octanol–water partition coefficient (Wildman–Crippen LogP) is 5.28. The first-order valence-corrected chi connectivity index (χ1v) is 9.26. The molecule has 2 N–H and O–H groups in total. The maximum atomic E-state index is 12.5. The Kier molecular flexibility index (Phi) is 6.29. The summed E-state index contributed by atoms with van der Waals surface area (Å²) in [6, 6.07) is 17.9. The molecule has 142 valence electrons. The van der Waals surface area contributed by atoms with Crippen LogP contribution in [0.3, 0.4) is 0 Å². The maximum absolute atomic E-state index is 12.5. The van der Waals surface area contributed by atoms with Gasteiger partial charge < -0.3 is 5.32 Å². The highest BCUT2D eigenvalue weighted by molar-refractivity contribution is 6.36. The Balaban J connectivity index is 1.63. The van der Waals surface area contributed by atoms with E-state index in [1.54, 1.807) is 31.2 Å². The molecule has 3 aromatic rings. The van der Waals surface area contributed by atoms with Gasteiger partial charge in [-0.25, -0.2) is 5.43 Å². The van der Waals surface area contributed by atoms with Crippen molar-refractivity contribution in [3.05, 3.63) is 76.3 Å². The molecule has 0 aliphatic heterocycles. The van der Waals surface area contributed by atoms with Gasteiger partial charge in [0.25, 0.3) is 5.91 Å². The maximum Gasteiger partial charge on any atom is 0.271 e. The third-order valence-electron chi connectivity index (χ3n) is 4.00. The molecule has 0 atom stereocenters. The van der Waals surface area contributed by atoms with Crippen LogP contribution in [0.2, 0.25) is 10.0 Å². The van der Waals surface area contributed by atoms with Crippen molar-refractivity contribution in [3.8, 4) is 0 Å². The number of hydrogen-bond donors (Lipinski definition) is 2. The van der Waals surface area contributed by atoms with Crippen LogP contribution in [-0.2, 0) is 4.79 Å². The number of carbonyl (C=O) groups excluding carboxylic acids is 2. The number of nitrogens with one attached hydrogen (secondary N) is 2. The zero-order valence-electron chi connectivity index (χ0n) is 15.0. The fourth-order valence-electron chi connectivity index (χ4n) is 2.69. The lowest BCUT2D eigenvalue weighted by Gasteiger charge is -2.08. The summed E-state index contributed by atoms with van der Waals surface area (Å²) in [5.74, 6) is -0.637. The molecule has 0 saturated carbocycles. The number of fused-ring (bicyclic) bond motifs is 1. The van der Waals surface area contributed by atoms with Crippen molar-refractivity contribution < 1.29 is 9.59 Å². The molecular weight excluding hydrogens is 397 g/mol. The Labute approximate surface area is 172 Å². The van der Waals surface area contributed by atoms with Crippen LogP contribution in [0.25, 0.3) is 10.8 Å². The molecular formula is C21H17Cl2N3O2. The van der Waals surface area contributed by atoms with Crippen molar-refractivity contribution in [2.24, 2.45) is 5.10 Å². The Bertz CT molecular complexity index is 1070. The molecule has 7 heteroatoms. The molecule has 0 fully saturated rings. The number of nitrogens with zero attached hydrogens (tertiary/aromatic N) is 1. The summed E-state index contributed by atoms with van der Waals surface area (Å²) in [6.07, 6.45) is 0.00870. The molecule has 0 unspecified atom stereocenters. The van der Waals surface area contributed by atoms with Crippen LogP contribution < -0.4 is 10.7 Å². The van der Waals surface area contributed by atoms with E-state index in [2.05, 4.69) is 15.8 Å². The van der Waals surface area contributed by atoms with E-state index in [4.69, 9.17) is 23.2 Å². The van der Waals surface area contributed by atoms with Crippen LogP contribution in [-0.4, -0.2) is 17.5 Å². The highest BCUT2D eigenvalue weighted by Crippen LogP contribution is 2.25. The standard InChI is InChI=1S/C21H17Cl2N3O2/c1-13(11-20(27)24-19-10-9-15(22)12-18(19)23)25-26-21(28)17-8-4-6-14-5-2-3-7-16(14)17/h2-10,12H,11H2,1H3,(H,24,27)(H,26,28). The number of rotatable bonds is 5. The summed E-state index contributed by atoms with van der Waals surface area (Å²) >= 11 is 11.9. The second-order valence-corrected chi connectivity index (χ2v) is 7.01. The van der Waals surface area contributed by atoms with Crippen LogP contribution in [0, 0.1) is 0 Å². The first-order valence-electron chi connectivity index (χ1n) is 8.50. The largest absolute Gasteiger partial charge is 0.324 e. The van der Waals surface area contributed by atoms with Gasteiger partial charge in [-0.1, -0.05) is 59.6 Å². The predicted molar refractivity (Wildman–Crippen MR) is 114 cm³/mol. The van der Waals surface area contributed by atoms with E-state index in [0.29, 0.717) is 27.0 Å². The van der Waals surface area contributed by atoms with Gasteiger partial charge in [0.2, 0.25) is 5.91 Å². The summed E-state index contributed by atoms with van der Waals surface area (Å²) < 4.78 is 0. The molecule has 0 aliphatic carbocycles. The third kappa shape index (κ3) is 4.88. The van der Waals surface area contributed by atoms with E-state index in [1.165, 1.54) is 0 Å².